The quantitative estimate of drug-likeness (QED) is 0.771. The number of carbonyl (C=O) groups excluding carboxylic acids is 1. The number of nitrogens with one attached hydrogen (secondary N) is 2. The molecule has 0 aliphatic rings. The van der Waals surface area contributed by atoms with Crippen LogP contribution >= 0.6 is 27.3 Å². The molecule has 1 atom stereocenters. The van der Waals surface area contributed by atoms with Crippen molar-refractivity contribution in [3.63, 3.8) is 0 Å². The first kappa shape index (κ1) is 15.0. The fourth-order valence-electron chi connectivity index (χ4n) is 1.70. The Morgan fingerprint density at radius 2 is 2.35 bits per heavy atom. The van der Waals surface area contributed by atoms with E-state index in [1.165, 1.54) is 0 Å². The van der Waals surface area contributed by atoms with E-state index < -0.39 is 0 Å². The Balaban J connectivity index is 2.00. The Hall–Kier alpha value is -1.44. The largest absolute Gasteiger partial charge is 0.396 e. The van der Waals surface area contributed by atoms with Gasteiger partial charge in [-0.2, -0.15) is 0 Å². The summed E-state index contributed by atoms with van der Waals surface area (Å²) in [7, 11) is 0. The number of hydrogen-bond donors (Lipinski definition) is 3. The van der Waals surface area contributed by atoms with E-state index in [2.05, 4.69) is 31.5 Å². The fraction of sp³-hybridized carbons (Fsp3) is 0.231. The first-order chi connectivity index (χ1) is 9.70. The van der Waals surface area contributed by atoms with Crippen LogP contribution in [0, 0.1) is 0 Å². The van der Waals surface area contributed by atoms with E-state index in [9.17, 15) is 4.79 Å². The summed E-state index contributed by atoms with van der Waals surface area (Å²) in [6.07, 6.45) is 3.69. The highest BCUT2D eigenvalue weighted by atomic mass is 79.9. The number of anilines is 1. The van der Waals surface area contributed by atoms with E-state index in [0.717, 1.165) is 4.88 Å². The molecular weight excluding hydrogens is 342 g/mol. The number of amides is 2. The predicted octanol–water partition coefficient (Wildman–Crippen LogP) is 3.15. The van der Waals surface area contributed by atoms with Crippen molar-refractivity contribution in [2.24, 2.45) is 0 Å². The lowest BCUT2D eigenvalue weighted by atomic mass is 10.2. The molecule has 0 aromatic carbocycles. The van der Waals surface area contributed by atoms with Crippen molar-refractivity contribution in [3.8, 4) is 0 Å². The summed E-state index contributed by atoms with van der Waals surface area (Å²) >= 11 is 4.87. The third-order valence-corrected chi connectivity index (χ3v) is 4.25. The standard InChI is InChI=1S/C13H14BrN3O2S/c14-9-8-15-5-3-10(9)16-13(19)17-11(4-6-18)12-2-1-7-20-12/h1-3,5,7-8,11,18H,4,6H2,(H2,15,16,17,19)/t11-/m1/s1. The second-order valence-electron chi connectivity index (χ2n) is 4.03. The monoisotopic (exact) mass is 355 g/mol. The van der Waals surface area contributed by atoms with Gasteiger partial charge in [0.25, 0.3) is 0 Å². The number of nitrogens with zero attached hydrogens (tertiary/aromatic N) is 1. The maximum atomic E-state index is 12.0. The molecule has 0 fully saturated rings. The molecule has 20 heavy (non-hydrogen) atoms. The van der Waals surface area contributed by atoms with Crippen LogP contribution in [0.1, 0.15) is 17.3 Å². The van der Waals surface area contributed by atoms with Gasteiger partial charge in [0.2, 0.25) is 0 Å². The molecule has 2 heterocycles. The summed E-state index contributed by atoms with van der Waals surface area (Å²) in [4.78, 5) is 17.0. The number of rotatable bonds is 5. The minimum Gasteiger partial charge on any atom is -0.396 e. The Morgan fingerprint density at radius 3 is 3.00 bits per heavy atom. The van der Waals surface area contributed by atoms with Crippen LogP contribution < -0.4 is 10.6 Å². The van der Waals surface area contributed by atoms with Gasteiger partial charge in [0.1, 0.15) is 0 Å². The molecule has 2 rings (SSSR count). The number of hydrogen-bond acceptors (Lipinski definition) is 4. The van der Waals surface area contributed by atoms with Crippen molar-refractivity contribution in [3.05, 3.63) is 45.3 Å². The molecule has 0 bridgehead atoms. The van der Waals surface area contributed by atoms with Crippen molar-refractivity contribution >= 4 is 39.0 Å². The number of aromatic nitrogens is 1. The molecule has 0 aliphatic heterocycles. The van der Waals surface area contributed by atoms with Gasteiger partial charge in [-0.25, -0.2) is 4.79 Å². The van der Waals surface area contributed by atoms with Crippen LogP contribution in [0.5, 0.6) is 0 Å². The summed E-state index contributed by atoms with van der Waals surface area (Å²) in [5, 5.41) is 16.6. The molecular formula is C13H14BrN3O2S. The van der Waals surface area contributed by atoms with Gasteiger partial charge in [-0.3, -0.25) is 4.98 Å². The normalized spacial score (nSPS) is 11.9. The first-order valence-corrected chi connectivity index (χ1v) is 7.69. The van der Waals surface area contributed by atoms with Crippen molar-refractivity contribution in [1.29, 1.82) is 0 Å². The second-order valence-corrected chi connectivity index (χ2v) is 5.87. The van der Waals surface area contributed by atoms with Crippen LogP contribution in [-0.4, -0.2) is 22.7 Å². The molecule has 3 N–H and O–H groups in total. The Morgan fingerprint density at radius 1 is 1.50 bits per heavy atom. The average Bonchev–Trinajstić information content (AvgIpc) is 2.95. The van der Waals surface area contributed by atoms with Crippen molar-refractivity contribution in [2.45, 2.75) is 12.5 Å². The van der Waals surface area contributed by atoms with Gasteiger partial charge in [-0.05, 0) is 39.9 Å². The van der Waals surface area contributed by atoms with Crippen LogP contribution in [0.25, 0.3) is 0 Å². The SMILES string of the molecule is O=C(Nc1ccncc1Br)N[C@H](CCO)c1cccs1. The number of thiophene rings is 1. The molecule has 0 radical (unpaired) electrons. The van der Waals surface area contributed by atoms with E-state index in [0.29, 0.717) is 16.6 Å². The van der Waals surface area contributed by atoms with Crippen molar-refractivity contribution in [1.82, 2.24) is 10.3 Å². The van der Waals surface area contributed by atoms with Gasteiger partial charge >= 0.3 is 6.03 Å². The first-order valence-electron chi connectivity index (χ1n) is 6.02. The third-order valence-electron chi connectivity index (χ3n) is 2.63. The zero-order chi connectivity index (χ0) is 14.4. The van der Waals surface area contributed by atoms with E-state index in [4.69, 9.17) is 5.11 Å². The molecule has 0 spiro atoms. The lowest BCUT2D eigenvalue weighted by Gasteiger charge is -2.17. The number of carbonyl (C=O) groups is 1. The topological polar surface area (TPSA) is 74.2 Å². The van der Waals surface area contributed by atoms with Gasteiger partial charge in [0, 0.05) is 23.9 Å². The number of halogens is 1. The molecule has 2 aromatic rings. The number of urea groups is 1. The van der Waals surface area contributed by atoms with Crippen molar-refractivity contribution in [2.75, 3.05) is 11.9 Å². The zero-order valence-corrected chi connectivity index (χ0v) is 12.9. The maximum Gasteiger partial charge on any atom is 0.319 e. The highest BCUT2D eigenvalue weighted by Crippen LogP contribution is 2.23. The third kappa shape index (κ3) is 4.03. The van der Waals surface area contributed by atoms with Gasteiger partial charge in [0.15, 0.2) is 0 Å². The molecule has 2 aromatic heterocycles. The van der Waals surface area contributed by atoms with E-state index >= 15 is 0 Å². The summed E-state index contributed by atoms with van der Waals surface area (Å²) < 4.78 is 0.713. The summed E-state index contributed by atoms with van der Waals surface area (Å²) in [5.74, 6) is 0. The lowest BCUT2D eigenvalue weighted by molar-refractivity contribution is 0.239. The van der Waals surface area contributed by atoms with Crippen LogP contribution in [-0.2, 0) is 0 Å². The number of aliphatic hydroxyl groups is 1. The van der Waals surface area contributed by atoms with E-state index in [-0.39, 0.29) is 18.7 Å². The predicted molar refractivity (Wildman–Crippen MR) is 82.9 cm³/mol. The molecule has 5 nitrogen and oxygen atoms in total. The van der Waals surface area contributed by atoms with Crippen molar-refractivity contribution < 1.29 is 9.90 Å². The molecule has 0 saturated carbocycles. The zero-order valence-electron chi connectivity index (χ0n) is 10.5. The maximum absolute atomic E-state index is 12.0. The number of aliphatic hydroxyl groups excluding tert-OH is 1. The summed E-state index contributed by atoms with van der Waals surface area (Å²) in [5.41, 5.74) is 0.645. The smallest absolute Gasteiger partial charge is 0.319 e. The molecule has 2 amide bonds. The minimum absolute atomic E-state index is 0.0157. The highest BCUT2D eigenvalue weighted by molar-refractivity contribution is 9.10. The lowest BCUT2D eigenvalue weighted by Crippen LogP contribution is -2.32. The van der Waals surface area contributed by atoms with Gasteiger partial charge in [0.05, 0.1) is 16.2 Å². The van der Waals surface area contributed by atoms with E-state index in [1.54, 1.807) is 29.8 Å². The van der Waals surface area contributed by atoms with Crippen LogP contribution in [0.3, 0.4) is 0 Å². The average molecular weight is 356 g/mol. The van der Waals surface area contributed by atoms with Crippen LogP contribution in [0.15, 0.2) is 40.4 Å². The van der Waals surface area contributed by atoms with Crippen LogP contribution in [0.4, 0.5) is 10.5 Å². The molecule has 106 valence electrons. The molecule has 0 aliphatic carbocycles. The Kier molecular flexibility index (Phi) is 5.51. The van der Waals surface area contributed by atoms with Gasteiger partial charge in [-0.15, -0.1) is 11.3 Å². The summed E-state index contributed by atoms with van der Waals surface area (Å²) in [6, 6.07) is 5.05. The molecule has 0 saturated heterocycles. The fourth-order valence-corrected chi connectivity index (χ4v) is 2.86. The van der Waals surface area contributed by atoms with Crippen LogP contribution in [0.2, 0.25) is 0 Å². The number of pyridine rings is 1. The molecule has 7 heteroatoms. The Bertz CT molecular complexity index is 563. The van der Waals surface area contributed by atoms with Gasteiger partial charge in [-0.1, -0.05) is 6.07 Å². The second kappa shape index (κ2) is 7.37. The minimum atomic E-state index is -0.316. The Labute approximate surface area is 129 Å². The highest BCUT2D eigenvalue weighted by Gasteiger charge is 2.15. The van der Waals surface area contributed by atoms with E-state index in [1.807, 2.05) is 17.5 Å². The summed E-state index contributed by atoms with van der Waals surface area (Å²) in [6.45, 7) is 0.0157. The molecule has 0 unspecified atom stereocenters. The van der Waals surface area contributed by atoms with Gasteiger partial charge < -0.3 is 15.7 Å².